The third-order valence-electron chi connectivity index (χ3n) is 2.23. The number of rotatable bonds is 4. The molecular weight excluding hydrogens is 276 g/mol. The van der Waals surface area contributed by atoms with Crippen molar-refractivity contribution >= 4 is 22.3 Å². The van der Waals surface area contributed by atoms with Crippen LogP contribution >= 0.6 is 0 Å². The van der Waals surface area contributed by atoms with Gasteiger partial charge in [-0.2, -0.15) is 0 Å². The number of nitrogens with one attached hydrogen (secondary N) is 2. The number of ether oxygens (including phenoxy) is 2. The van der Waals surface area contributed by atoms with Crippen LogP contribution in [0.4, 0.5) is 4.79 Å². The maximum Gasteiger partial charge on any atom is 0.326 e. The van der Waals surface area contributed by atoms with Gasteiger partial charge in [0.15, 0.2) is 4.91 Å². The van der Waals surface area contributed by atoms with Gasteiger partial charge in [0.05, 0.1) is 0 Å². The number of sulfonamides is 1. The molecule has 1 rings (SSSR count). The molecule has 0 aromatic rings. The number of nitrogens with zero attached hydrogens (tertiary/aromatic N) is 1. The highest BCUT2D eigenvalue weighted by Crippen LogP contribution is 2.13. The molecule has 0 aromatic heterocycles. The summed E-state index contributed by atoms with van der Waals surface area (Å²) in [6, 6.07) is -1.19. The fraction of sp³-hybridized carbons (Fsp3) is 0.556. The molecule has 1 aliphatic heterocycles. The van der Waals surface area contributed by atoms with Gasteiger partial charge in [-0.1, -0.05) is 0 Å². The van der Waals surface area contributed by atoms with E-state index in [-0.39, 0.29) is 23.5 Å². The number of methoxy groups -OCH3 is 1. The molecule has 4 N–H and O–H groups in total. The van der Waals surface area contributed by atoms with Gasteiger partial charge >= 0.3 is 6.03 Å². The van der Waals surface area contributed by atoms with Crippen LogP contribution in [0, 0.1) is 0 Å². The molecule has 1 fully saturated rings. The van der Waals surface area contributed by atoms with E-state index in [1.807, 2.05) is 0 Å². The van der Waals surface area contributed by atoms with Crippen molar-refractivity contribution in [1.29, 1.82) is 0 Å². The van der Waals surface area contributed by atoms with Crippen molar-refractivity contribution in [3.63, 3.8) is 0 Å². The number of allylic oxidation sites excluding steroid dienone is 1. The number of hydrogen-bond donors (Lipinski definition) is 3. The van der Waals surface area contributed by atoms with Crippen LogP contribution in [-0.2, 0) is 19.5 Å². The van der Waals surface area contributed by atoms with Crippen LogP contribution in [-0.4, -0.2) is 54.1 Å². The van der Waals surface area contributed by atoms with E-state index in [2.05, 4.69) is 10.3 Å². The first kappa shape index (κ1) is 15.2. The molecule has 0 aliphatic carbocycles. The minimum Gasteiger partial charge on any atom is -0.475 e. The molecule has 1 atom stereocenters. The highest BCUT2D eigenvalue weighted by molar-refractivity contribution is 7.94. The van der Waals surface area contributed by atoms with Crippen LogP contribution < -0.4 is 15.8 Å². The van der Waals surface area contributed by atoms with Crippen molar-refractivity contribution in [3.05, 3.63) is 10.8 Å². The first-order chi connectivity index (χ1) is 8.90. The smallest absolute Gasteiger partial charge is 0.326 e. The number of aliphatic imine (C=N–C) groups is 1. The third kappa shape index (κ3) is 4.10. The Bertz CT molecular complexity index is 489. The number of primary amides is 1. The van der Waals surface area contributed by atoms with Crippen molar-refractivity contribution in [2.75, 3.05) is 27.3 Å². The molecule has 0 spiro atoms. The summed E-state index contributed by atoms with van der Waals surface area (Å²) < 4.78 is 35.7. The zero-order valence-corrected chi connectivity index (χ0v) is 11.4. The summed E-state index contributed by atoms with van der Waals surface area (Å²) in [4.78, 5) is 14.0. The molecule has 10 heteroatoms. The number of hydrogen-bond acceptors (Lipinski definition) is 7. The Balaban J connectivity index is 3.04. The molecule has 108 valence electrons. The number of carbonyl (C=O) groups is 1. The average molecular weight is 292 g/mol. The summed E-state index contributed by atoms with van der Waals surface area (Å²) >= 11 is 0. The Labute approximate surface area is 110 Å². The Morgan fingerprint density at radius 1 is 1.68 bits per heavy atom. The summed E-state index contributed by atoms with van der Waals surface area (Å²) in [7, 11) is -1.22. The Kier molecular flexibility index (Phi) is 5.12. The van der Waals surface area contributed by atoms with Crippen LogP contribution in [0.5, 0.6) is 0 Å². The predicted octanol–water partition coefficient (Wildman–Crippen LogP) is -1.51. The fourth-order valence-electron chi connectivity index (χ4n) is 1.36. The molecular formula is C9H16N4O5S. The van der Waals surface area contributed by atoms with Crippen molar-refractivity contribution in [2.45, 2.75) is 6.10 Å². The zero-order chi connectivity index (χ0) is 14.5. The van der Waals surface area contributed by atoms with Gasteiger partial charge < -0.3 is 20.5 Å². The second kappa shape index (κ2) is 6.38. The van der Waals surface area contributed by atoms with Gasteiger partial charge in [-0.05, 0) is 0 Å². The summed E-state index contributed by atoms with van der Waals surface area (Å²) in [6.07, 6.45) is 0.871. The topological polar surface area (TPSA) is 132 Å². The second-order valence-electron chi connectivity index (χ2n) is 3.60. The van der Waals surface area contributed by atoms with E-state index < -0.39 is 16.1 Å². The first-order valence-corrected chi connectivity index (χ1v) is 6.77. The zero-order valence-electron chi connectivity index (χ0n) is 10.5. The largest absolute Gasteiger partial charge is 0.475 e. The fourth-order valence-corrected chi connectivity index (χ4v) is 2.35. The second-order valence-corrected chi connectivity index (χ2v) is 5.25. The molecule has 0 bridgehead atoms. The number of amides is 2. The lowest BCUT2D eigenvalue weighted by atomic mass is 10.3. The Hall–Kier alpha value is -1.81. The monoisotopic (exact) mass is 292 g/mol. The maximum absolute atomic E-state index is 11.9. The van der Waals surface area contributed by atoms with Crippen LogP contribution in [0.2, 0.25) is 0 Å². The Morgan fingerprint density at radius 3 is 2.79 bits per heavy atom. The Morgan fingerprint density at radius 2 is 2.37 bits per heavy atom. The SMILES string of the molecule is CN=C/C(=C1\NCC(OC)CO1)S(=O)(=O)NC(N)=O. The van der Waals surface area contributed by atoms with Gasteiger partial charge in [-0.15, -0.1) is 0 Å². The van der Waals surface area contributed by atoms with Crippen molar-refractivity contribution in [2.24, 2.45) is 10.7 Å². The summed E-state index contributed by atoms with van der Waals surface area (Å²) in [5, 5.41) is 2.75. The van der Waals surface area contributed by atoms with E-state index in [0.29, 0.717) is 6.54 Å². The first-order valence-electron chi connectivity index (χ1n) is 5.29. The molecule has 1 unspecified atom stereocenters. The molecule has 19 heavy (non-hydrogen) atoms. The van der Waals surface area contributed by atoms with Crippen LogP contribution in [0.1, 0.15) is 0 Å². The standard InChI is InChI=1S/C9H16N4O5S/c1-11-4-7(19(15,16)13-9(10)14)8-12-3-6(17-2)5-18-8/h4,6,12H,3,5H2,1-2H3,(H3,10,13,14)/b8-7-,11-4?. The number of urea groups is 1. The van der Waals surface area contributed by atoms with Crippen LogP contribution in [0.25, 0.3) is 0 Å². The molecule has 2 amide bonds. The minimum atomic E-state index is -4.13. The van der Waals surface area contributed by atoms with E-state index in [4.69, 9.17) is 15.2 Å². The van der Waals surface area contributed by atoms with E-state index in [1.54, 1.807) is 4.72 Å². The molecule has 0 aromatic carbocycles. The van der Waals surface area contributed by atoms with Crippen molar-refractivity contribution < 1.29 is 22.7 Å². The van der Waals surface area contributed by atoms with Crippen LogP contribution in [0.15, 0.2) is 15.8 Å². The highest BCUT2D eigenvalue weighted by Gasteiger charge is 2.27. The van der Waals surface area contributed by atoms with Gasteiger partial charge in [-0.25, -0.2) is 17.9 Å². The minimum absolute atomic E-state index is 0.00681. The lowest BCUT2D eigenvalue weighted by molar-refractivity contribution is 0.00299. The third-order valence-corrected chi connectivity index (χ3v) is 3.57. The molecule has 1 aliphatic rings. The molecule has 9 nitrogen and oxygen atoms in total. The van der Waals surface area contributed by atoms with Crippen LogP contribution in [0.3, 0.4) is 0 Å². The molecule has 0 radical (unpaired) electrons. The lowest BCUT2D eigenvalue weighted by Crippen LogP contribution is -2.42. The van der Waals surface area contributed by atoms with E-state index >= 15 is 0 Å². The van der Waals surface area contributed by atoms with E-state index in [9.17, 15) is 13.2 Å². The number of nitrogens with two attached hydrogens (primary N) is 1. The van der Waals surface area contributed by atoms with E-state index in [1.165, 1.54) is 14.2 Å². The molecule has 0 saturated carbocycles. The van der Waals surface area contributed by atoms with Gasteiger partial charge in [0.2, 0.25) is 5.88 Å². The van der Waals surface area contributed by atoms with Crippen molar-refractivity contribution in [3.8, 4) is 0 Å². The summed E-state index contributed by atoms with van der Waals surface area (Å²) in [5.41, 5.74) is 4.81. The molecule has 1 saturated heterocycles. The maximum atomic E-state index is 11.9. The van der Waals surface area contributed by atoms with Gasteiger partial charge in [0, 0.05) is 26.9 Å². The highest BCUT2D eigenvalue weighted by atomic mass is 32.2. The van der Waals surface area contributed by atoms with Gasteiger partial charge in [0.25, 0.3) is 10.0 Å². The quantitative estimate of drug-likeness (QED) is 0.540. The van der Waals surface area contributed by atoms with E-state index in [0.717, 1.165) is 6.21 Å². The summed E-state index contributed by atoms with van der Waals surface area (Å²) in [6.45, 7) is 0.560. The summed E-state index contributed by atoms with van der Waals surface area (Å²) in [5.74, 6) is -0.00681. The van der Waals surface area contributed by atoms with Gasteiger partial charge in [-0.3, -0.25) is 4.99 Å². The predicted molar refractivity (Wildman–Crippen MR) is 67.8 cm³/mol. The van der Waals surface area contributed by atoms with Gasteiger partial charge in [0.1, 0.15) is 12.7 Å². The normalized spacial score (nSPS) is 22.5. The average Bonchev–Trinajstić information content (AvgIpc) is 2.34. The number of carbonyl (C=O) groups excluding carboxylic acids is 1. The van der Waals surface area contributed by atoms with Crippen molar-refractivity contribution in [1.82, 2.24) is 10.0 Å². The molecule has 1 heterocycles. The lowest BCUT2D eigenvalue weighted by Gasteiger charge is -2.26.